The Labute approximate surface area is 345 Å². The summed E-state index contributed by atoms with van der Waals surface area (Å²) in [5.74, 6) is -0.923. The molecule has 0 bridgehead atoms. The quantitative estimate of drug-likeness (QED) is 0.0266. The lowest BCUT2D eigenvalue weighted by molar-refractivity contribution is -0.167. The fourth-order valence-electron chi connectivity index (χ4n) is 6.24. The summed E-state index contributed by atoms with van der Waals surface area (Å²) in [6.07, 6.45) is 53.4. The lowest BCUT2D eigenvalue weighted by atomic mass is 10.1. The van der Waals surface area contributed by atoms with E-state index < -0.39 is 6.10 Å². The van der Waals surface area contributed by atoms with Crippen molar-refractivity contribution in [1.82, 2.24) is 0 Å². The summed E-state index contributed by atoms with van der Waals surface area (Å²) in [5.41, 5.74) is 0. The van der Waals surface area contributed by atoms with Gasteiger partial charge in [-0.05, 0) is 77.0 Å². The molecule has 0 saturated heterocycles. The average molecular weight is 783 g/mol. The zero-order valence-electron chi connectivity index (χ0n) is 36.6. The summed E-state index contributed by atoms with van der Waals surface area (Å²) in [5, 5.41) is 0. The monoisotopic (exact) mass is 783 g/mol. The Balaban J connectivity index is 4.40. The Morgan fingerprint density at radius 2 is 0.714 bits per heavy atom. The van der Waals surface area contributed by atoms with Gasteiger partial charge in [-0.3, -0.25) is 14.4 Å². The first kappa shape index (κ1) is 53.1. The molecule has 0 N–H and O–H groups in total. The maximum absolute atomic E-state index is 12.7. The second-order valence-corrected chi connectivity index (χ2v) is 15.3. The molecule has 6 heteroatoms. The Bertz CT molecular complexity index is 1040. The molecule has 1 unspecified atom stereocenters. The van der Waals surface area contributed by atoms with Gasteiger partial charge >= 0.3 is 17.9 Å². The Kier molecular flexibility index (Phi) is 42.5. The van der Waals surface area contributed by atoms with Crippen LogP contribution in [-0.4, -0.2) is 37.2 Å². The summed E-state index contributed by atoms with van der Waals surface area (Å²) in [4.78, 5) is 37.7. The maximum Gasteiger partial charge on any atom is 0.306 e. The average Bonchev–Trinajstić information content (AvgIpc) is 3.19. The smallest absolute Gasteiger partial charge is 0.306 e. The molecule has 6 nitrogen and oxygen atoms in total. The van der Waals surface area contributed by atoms with Crippen LogP contribution in [0.25, 0.3) is 0 Å². The van der Waals surface area contributed by atoms with E-state index in [1.807, 2.05) is 0 Å². The standard InChI is InChI=1S/C50H86O6/c1-4-7-10-13-16-19-22-23-24-25-26-27-29-31-34-37-40-43-49(52)55-46-47(45-54-48(51)42-39-36-33-30-21-18-15-12-9-6-3)56-50(53)44-41-38-35-32-28-20-17-14-11-8-5-2/h7,10,14,16-17,19,23-24,26-27,47H,4-6,8-9,11-13,15,18,20-22,25,28-46H2,1-3H3/b10-7-,17-14-,19-16-,24-23-,27-26-. The van der Waals surface area contributed by atoms with Crippen molar-refractivity contribution in [2.24, 2.45) is 0 Å². The first-order valence-corrected chi connectivity index (χ1v) is 23.3. The summed E-state index contributed by atoms with van der Waals surface area (Å²) in [6, 6.07) is 0. The molecule has 0 heterocycles. The second-order valence-electron chi connectivity index (χ2n) is 15.3. The van der Waals surface area contributed by atoms with Gasteiger partial charge in [-0.15, -0.1) is 0 Å². The van der Waals surface area contributed by atoms with Gasteiger partial charge in [0.2, 0.25) is 0 Å². The molecule has 1 atom stereocenters. The molecule has 0 aromatic heterocycles. The van der Waals surface area contributed by atoms with E-state index in [1.54, 1.807) is 0 Å². The lowest BCUT2D eigenvalue weighted by Gasteiger charge is -2.18. The molecule has 0 radical (unpaired) electrons. The van der Waals surface area contributed by atoms with Crippen LogP contribution in [0.3, 0.4) is 0 Å². The molecule has 0 amide bonds. The molecule has 0 aliphatic carbocycles. The predicted octanol–water partition coefficient (Wildman–Crippen LogP) is 14.9. The van der Waals surface area contributed by atoms with Crippen molar-refractivity contribution < 1.29 is 28.6 Å². The van der Waals surface area contributed by atoms with E-state index in [1.165, 1.54) is 70.6 Å². The number of ether oxygens (including phenoxy) is 3. The summed E-state index contributed by atoms with van der Waals surface area (Å²) in [7, 11) is 0. The number of carbonyl (C=O) groups excluding carboxylic acids is 3. The molecule has 0 rings (SSSR count). The Morgan fingerprint density at radius 3 is 1.16 bits per heavy atom. The third-order valence-corrected chi connectivity index (χ3v) is 9.76. The molecule has 0 aliphatic rings. The van der Waals surface area contributed by atoms with Crippen molar-refractivity contribution in [3.63, 3.8) is 0 Å². The van der Waals surface area contributed by atoms with Gasteiger partial charge in [-0.2, -0.15) is 0 Å². The fraction of sp³-hybridized carbons (Fsp3) is 0.740. The van der Waals surface area contributed by atoms with Crippen molar-refractivity contribution >= 4 is 17.9 Å². The van der Waals surface area contributed by atoms with Gasteiger partial charge in [-0.25, -0.2) is 0 Å². The van der Waals surface area contributed by atoms with Crippen LogP contribution in [0.5, 0.6) is 0 Å². The van der Waals surface area contributed by atoms with Crippen molar-refractivity contribution in [3.8, 4) is 0 Å². The number of esters is 3. The van der Waals surface area contributed by atoms with Crippen LogP contribution in [0.15, 0.2) is 60.8 Å². The molecule has 0 aliphatic heterocycles. The molecule has 0 spiro atoms. The van der Waals surface area contributed by atoms with Crippen LogP contribution < -0.4 is 0 Å². The molecule has 322 valence electrons. The minimum absolute atomic E-state index is 0.0846. The highest BCUT2D eigenvalue weighted by atomic mass is 16.6. The Morgan fingerprint density at radius 1 is 0.375 bits per heavy atom. The highest BCUT2D eigenvalue weighted by Crippen LogP contribution is 2.14. The third kappa shape index (κ3) is 42.3. The third-order valence-electron chi connectivity index (χ3n) is 9.76. The van der Waals surface area contributed by atoms with E-state index in [2.05, 4.69) is 81.5 Å². The number of hydrogen-bond donors (Lipinski definition) is 0. The van der Waals surface area contributed by atoms with Crippen molar-refractivity contribution in [3.05, 3.63) is 60.8 Å². The normalized spacial score (nSPS) is 12.6. The van der Waals surface area contributed by atoms with Crippen LogP contribution in [-0.2, 0) is 28.6 Å². The topological polar surface area (TPSA) is 78.9 Å². The molecule has 0 fully saturated rings. The molecule has 0 saturated carbocycles. The highest BCUT2D eigenvalue weighted by molar-refractivity contribution is 5.71. The van der Waals surface area contributed by atoms with Gasteiger partial charge in [-0.1, -0.05) is 184 Å². The van der Waals surface area contributed by atoms with Crippen LogP contribution in [0.4, 0.5) is 0 Å². The maximum atomic E-state index is 12.7. The van der Waals surface area contributed by atoms with E-state index in [9.17, 15) is 14.4 Å². The number of rotatable bonds is 41. The molecular formula is C50H86O6. The zero-order chi connectivity index (χ0) is 40.8. The van der Waals surface area contributed by atoms with Crippen LogP contribution in [0, 0.1) is 0 Å². The summed E-state index contributed by atoms with van der Waals surface area (Å²) >= 11 is 0. The van der Waals surface area contributed by atoms with Crippen LogP contribution in [0.1, 0.15) is 220 Å². The fourth-order valence-corrected chi connectivity index (χ4v) is 6.24. The van der Waals surface area contributed by atoms with Gasteiger partial charge in [0, 0.05) is 19.3 Å². The minimum atomic E-state index is -0.784. The van der Waals surface area contributed by atoms with Gasteiger partial charge in [0.15, 0.2) is 6.10 Å². The van der Waals surface area contributed by atoms with Gasteiger partial charge < -0.3 is 14.2 Å². The first-order valence-electron chi connectivity index (χ1n) is 23.3. The van der Waals surface area contributed by atoms with Crippen LogP contribution in [0.2, 0.25) is 0 Å². The molecule has 0 aromatic rings. The van der Waals surface area contributed by atoms with E-state index in [0.29, 0.717) is 19.3 Å². The largest absolute Gasteiger partial charge is 0.462 e. The van der Waals surface area contributed by atoms with Crippen LogP contribution >= 0.6 is 0 Å². The van der Waals surface area contributed by atoms with E-state index in [-0.39, 0.29) is 31.1 Å². The lowest BCUT2D eigenvalue weighted by Crippen LogP contribution is -2.30. The first-order chi connectivity index (χ1) is 27.5. The number of unbranched alkanes of at least 4 members (excludes halogenated alkanes) is 20. The molecule has 56 heavy (non-hydrogen) atoms. The highest BCUT2D eigenvalue weighted by Gasteiger charge is 2.19. The zero-order valence-corrected chi connectivity index (χ0v) is 36.6. The number of carbonyl (C=O) groups is 3. The van der Waals surface area contributed by atoms with E-state index in [0.717, 1.165) is 109 Å². The van der Waals surface area contributed by atoms with Crippen molar-refractivity contribution in [1.29, 1.82) is 0 Å². The predicted molar refractivity (Wildman–Crippen MR) is 238 cm³/mol. The summed E-state index contributed by atoms with van der Waals surface area (Å²) < 4.78 is 16.7. The van der Waals surface area contributed by atoms with Gasteiger partial charge in [0.1, 0.15) is 13.2 Å². The van der Waals surface area contributed by atoms with E-state index >= 15 is 0 Å². The van der Waals surface area contributed by atoms with Crippen molar-refractivity contribution in [2.45, 2.75) is 226 Å². The van der Waals surface area contributed by atoms with E-state index in [4.69, 9.17) is 14.2 Å². The number of hydrogen-bond acceptors (Lipinski definition) is 6. The second kappa shape index (κ2) is 44.8. The van der Waals surface area contributed by atoms with Crippen molar-refractivity contribution in [2.75, 3.05) is 13.2 Å². The molecule has 0 aromatic carbocycles. The number of allylic oxidation sites excluding steroid dienone is 10. The molecular weight excluding hydrogens is 697 g/mol. The minimum Gasteiger partial charge on any atom is -0.462 e. The SMILES string of the molecule is CC/C=C\C/C=C\C/C=C\C/C=C\CCCCCCC(=O)OCC(COC(=O)CCCCCCCCCCCC)OC(=O)CCCCCCC/C=C\CCCC. The Hall–Kier alpha value is -2.89. The summed E-state index contributed by atoms with van der Waals surface area (Å²) in [6.45, 7) is 6.43. The van der Waals surface area contributed by atoms with Gasteiger partial charge in [0.25, 0.3) is 0 Å². The van der Waals surface area contributed by atoms with Gasteiger partial charge in [0.05, 0.1) is 0 Å².